The van der Waals surface area contributed by atoms with Crippen molar-refractivity contribution in [2.75, 3.05) is 6.61 Å². The van der Waals surface area contributed by atoms with Crippen LogP contribution in [0.4, 0.5) is 0 Å². The van der Waals surface area contributed by atoms with Gasteiger partial charge in [0.2, 0.25) is 0 Å². The Balaban J connectivity index is 2.47. The molecule has 0 fully saturated rings. The summed E-state index contributed by atoms with van der Waals surface area (Å²) < 4.78 is 5.79. The molecule has 5 heteroatoms. The van der Waals surface area contributed by atoms with E-state index in [1.54, 1.807) is 24.3 Å². The molecular weight excluding hydrogens is 298 g/mol. The van der Waals surface area contributed by atoms with Gasteiger partial charge < -0.3 is 10.1 Å². The minimum absolute atomic E-state index is 0.272. The maximum absolute atomic E-state index is 11.6. The third-order valence-corrected chi connectivity index (χ3v) is 2.46. The van der Waals surface area contributed by atoms with Crippen LogP contribution in [-0.4, -0.2) is 24.0 Å². The molecule has 0 radical (unpaired) electrons. The lowest BCUT2D eigenvalue weighted by Crippen LogP contribution is -2.42. The fraction of sp³-hybridized carbons (Fsp3) is 0.385. The Kier molecular flexibility index (Phi) is 4.90. The van der Waals surface area contributed by atoms with Gasteiger partial charge in [-0.25, -0.2) is 4.79 Å². The van der Waals surface area contributed by atoms with E-state index in [-0.39, 0.29) is 18.1 Å². The smallest absolute Gasteiger partial charge is 0.338 e. The van der Waals surface area contributed by atoms with E-state index in [4.69, 9.17) is 4.74 Å². The van der Waals surface area contributed by atoms with Crippen molar-refractivity contribution in [1.29, 1.82) is 0 Å². The Labute approximate surface area is 115 Å². The zero-order valence-electron chi connectivity index (χ0n) is 10.6. The van der Waals surface area contributed by atoms with Gasteiger partial charge in [-0.3, -0.25) is 4.79 Å². The van der Waals surface area contributed by atoms with Gasteiger partial charge in [0.25, 0.3) is 5.91 Å². The van der Waals surface area contributed by atoms with E-state index in [0.29, 0.717) is 5.56 Å². The van der Waals surface area contributed by atoms with Crippen LogP contribution in [0, 0.1) is 0 Å². The van der Waals surface area contributed by atoms with Gasteiger partial charge in [0.15, 0.2) is 6.61 Å². The van der Waals surface area contributed by atoms with Crippen LogP contribution in [0.5, 0.6) is 0 Å². The number of hydrogen-bond donors (Lipinski definition) is 1. The molecule has 0 aromatic heterocycles. The molecule has 4 nitrogen and oxygen atoms in total. The number of rotatable bonds is 3. The first-order chi connectivity index (χ1) is 8.28. The van der Waals surface area contributed by atoms with E-state index in [2.05, 4.69) is 21.2 Å². The van der Waals surface area contributed by atoms with Crippen LogP contribution in [0.15, 0.2) is 28.7 Å². The molecule has 0 aliphatic carbocycles. The predicted molar refractivity (Wildman–Crippen MR) is 72.3 cm³/mol. The van der Waals surface area contributed by atoms with Crippen LogP contribution in [0.3, 0.4) is 0 Å². The summed E-state index contributed by atoms with van der Waals surface area (Å²) >= 11 is 3.27. The van der Waals surface area contributed by atoms with E-state index >= 15 is 0 Å². The van der Waals surface area contributed by atoms with Crippen molar-refractivity contribution in [2.24, 2.45) is 0 Å². The van der Waals surface area contributed by atoms with Gasteiger partial charge in [0.1, 0.15) is 0 Å². The fourth-order valence-electron chi connectivity index (χ4n) is 1.25. The number of ether oxygens (including phenoxy) is 1. The van der Waals surface area contributed by atoms with Crippen LogP contribution in [0.1, 0.15) is 31.1 Å². The van der Waals surface area contributed by atoms with Crippen molar-refractivity contribution >= 4 is 27.8 Å². The van der Waals surface area contributed by atoms with Gasteiger partial charge >= 0.3 is 5.97 Å². The Hall–Kier alpha value is -1.36. The summed E-state index contributed by atoms with van der Waals surface area (Å²) in [4.78, 5) is 23.1. The molecule has 1 amide bonds. The molecule has 0 spiro atoms. The summed E-state index contributed by atoms with van der Waals surface area (Å²) in [5, 5.41) is 2.71. The molecule has 18 heavy (non-hydrogen) atoms. The largest absolute Gasteiger partial charge is 0.452 e. The van der Waals surface area contributed by atoms with E-state index in [9.17, 15) is 9.59 Å². The molecule has 0 atom stereocenters. The molecule has 0 heterocycles. The van der Waals surface area contributed by atoms with E-state index < -0.39 is 5.97 Å². The molecule has 1 aromatic carbocycles. The summed E-state index contributed by atoms with van der Waals surface area (Å²) in [5.41, 5.74) is 0.0861. The normalized spacial score (nSPS) is 10.9. The van der Waals surface area contributed by atoms with Crippen LogP contribution in [0.25, 0.3) is 0 Å². The monoisotopic (exact) mass is 313 g/mol. The molecule has 1 N–H and O–H groups in total. The molecule has 1 rings (SSSR count). The van der Waals surface area contributed by atoms with Gasteiger partial charge in [-0.05, 0) is 45.0 Å². The van der Waals surface area contributed by atoms with E-state index in [1.807, 2.05) is 20.8 Å². The molecule has 0 saturated carbocycles. The minimum atomic E-state index is -0.508. The number of carbonyl (C=O) groups excluding carboxylic acids is 2. The van der Waals surface area contributed by atoms with Gasteiger partial charge in [0, 0.05) is 10.0 Å². The van der Waals surface area contributed by atoms with E-state index in [0.717, 1.165) is 4.47 Å². The average Bonchev–Trinajstić information content (AvgIpc) is 2.24. The lowest BCUT2D eigenvalue weighted by molar-refractivity contribution is -0.125. The highest BCUT2D eigenvalue weighted by Crippen LogP contribution is 2.11. The SMILES string of the molecule is CC(C)(C)NC(=O)COC(=O)c1ccc(Br)cc1. The third-order valence-electron chi connectivity index (χ3n) is 1.93. The first-order valence-corrected chi connectivity index (χ1v) is 6.31. The lowest BCUT2D eigenvalue weighted by atomic mass is 10.1. The molecule has 0 aliphatic rings. The standard InChI is InChI=1S/C13H16BrNO3/c1-13(2,3)15-11(16)8-18-12(17)9-4-6-10(14)7-5-9/h4-7H,8H2,1-3H3,(H,15,16). The van der Waals surface area contributed by atoms with Crippen molar-refractivity contribution in [3.63, 3.8) is 0 Å². The van der Waals surface area contributed by atoms with Crippen LogP contribution >= 0.6 is 15.9 Å². The Morgan fingerprint density at radius 1 is 1.22 bits per heavy atom. The molecule has 0 unspecified atom stereocenters. The quantitative estimate of drug-likeness (QED) is 0.872. The lowest BCUT2D eigenvalue weighted by Gasteiger charge is -2.20. The number of carbonyl (C=O) groups is 2. The second kappa shape index (κ2) is 6.00. The minimum Gasteiger partial charge on any atom is -0.452 e. The van der Waals surface area contributed by atoms with Gasteiger partial charge in [-0.2, -0.15) is 0 Å². The maximum Gasteiger partial charge on any atom is 0.338 e. The van der Waals surface area contributed by atoms with Gasteiger partial charge in [-0.1, -0.05) is 15.9 Å². The zero-order chi connectivity index (χ0) is 13.8. The molecule has 0 aliphatic heterocycles. The van der Waals surface area contributed by atoms with E-state index in [1.165, 1.54) is 0 Å². The molecular formula is C13H16BrNO3. The van der Waals surface area contributed by atoms with Crippen LogP contribution in [0.2, 0.25) is 0 Å². The van der Waals surface area contributed by atoms with Gasteiger partial charge in [-0.15, -0.1) is 0 Å². The van der Waals surface area contributed by atoms with Crippen molar-refractivity contribution in [3.8, 4) is 0 Å². The number of esters is 1. The van der Waals surface area contributed by atoms with Crippen molar-refractivity contribution < 1.29 is 14.3 Å². The first kappa shape index (κ1) is 14.7. The zero-order valence-corrected chi connectivity index (χ0v) is 12.2. The summed E-state index contributed by atoms with van der Waals surface area (Å²) in [5.74, 6) is -0.820. The number of nitrogens with one attached hydrogen (secondary N) is 1. The summed E-state index contributed by atoms with van der Waals surface area (Å²) in [6.07, 6.45) is 0. The highest BCUT2D eigenvalue weighted by molar-refractivity contribution is 9.10. The van der Waals surface area contributed by atoms with Gasteiger partial charge in [0.05, 0.1) is 5.56 Å². The average molecular weight is 314 g/mol. The number of benzene rings is 1. The van der Waals surface area contributed by atoms with Crippen molar-refractivity contribution in [3.05, 3.63) is 34.3 Å². The third kappa shape index (κ3) is 5.31. The molecule has 98 valence electrons. The number of amides is 1. The second-order valence-corrected chi connectivity index (χ2v) is 5.80. The summed E-state index contributed by atoms with van der Waals surface area (Å²) in [7, 11) is 0. The number of halogens is 1. The summed E-state index contributed by atoms with van der Waals surface area (Å²) in [6, 6.07) is 6.75. The van der Waals surface area contributed by atoms with Crippen molar-refractivity contribution in [2.45, 2.75) is 26.3 Å². The fourth-order valence-corrected chi connectivity index (χ4v) is 1.52. The maximum atomic E-state index is 11.6. The van der Waals surface area contributed by atoms with Crippen LogP contribution in [-0.2, 0) is 9.53 Å². The first-order valence-electron chi connectivity index (χ1n) is 5.51. The number of hydrogen-bond acceptors (Lipinski definition) is 3. The molecule has 0 saturated heterocycles. The highest BCUT2D eigenvalue weighted by atomic mass is 79.9. The topological polar surface area (TPSA) is 55.4 Å². The second-order valence-electron chi connectivity index (χ2n) is 4.88. The van der Waals surface area contributed by atoms with Crippen molar-refractivity contribution in [1.82, 2.24) is 5.32 Å². The molecule has 0 bridgehead atoms. The predicted octanol–water partition coefficient (Wildman–Crippen LogP) is 2.52. The summed E-state index contributed by atoms with van der Waals surface area (Å²) in [6.45, 7) is 5.32. The highest BCUT2D eigenvalue weighted by Gasteiger charge is 2.15. The van der Waals surface area contributed by atoms with Crippen LogP contribution < -0.4 is 5.32 Å². The molecule has 1 aromatic rings. The Morgan fingerprint density at radius 3 is 2.28 bits per heavy atom. The Bertz CT molecular complexity index is 435. The Morgan fingerprint density at radius 2 is 1.78 bits per heavy atom.